The van der Waals surface area contributed by atoms with Gasteiger partial charge < -0.3 is 15.8 Å². The van der Waals surface area contributed by atoms with Gasteiger partial charge in [0.05, 0.1) is 21.7 Å². The lowest BCUT2D eigenvalue weighted by Gasteiger charge is -2.36. The highest BCUT2D eigenvalue weighted by Crippen LogP contribution is 2.44. The summed E-state index contributed by atoms with van der Waals surface area (Å²) in [6, 6.07) is 6.92. The van der Waals surface area contributed by atoms with E-state index in [1.54, 1.807) is 32.0 Å². The smallest absolute Gasteiger partial charge is 0.258 e. The second kappa shape index (κ2) is 8.78. The standard InChI is InChI=1S/C24H26F2N6O4S/c1-24(2)21-19(12-32(24)37(34,35)17-7-13(25)6-14(26)8-17)22(30-29-21)28-23(33)18-5-4-15(9-20(18)27)36-16-10-31(3)11-16/h4-9,16H,10-12,27H2,1-3H3,(H2,28,29,30,33). The van der Waals surface area contributed by atoms with E-state index in [-0.39, 0.29) is 29.7 Å². The molecule has 0 bridgehead atoms. The van der Waals surface area contributed by atoms with Crippen LogP contribution >= 0.6 is 0 Å². The van der Waals surface area contributed by atoms with Crippen LogP contribution in [0.15, 0.2) is 41.3 Å². The number of aromatic amines is 1. The summed E-state index contributed by atoms with van der Waals surface area (Å²) in [4.78, 5) is 14.6. The Kier molecular flexibility index (Phi) is 5.96. The third kappa shape index (κ3) is 4.43. The van der Waals surface area contributed by atoms with Gasteiger partial charge in [-0.05, 0) is 45.2 Å². The first-order valence-corrected chi connectivity index (χ1v) is 12.9. The van der Waals surface area contributed by atoms with Crippen LogP contribution in [0.5, 0.6) is 5.75 Å². The molecule has 0 saturated carbocycles. The van der Waals surface area contributed by atoms with Crippen molar-refractivity contribution in [3.63, 3.8) is 0 Å². The lowest BCUT2D eigenvalue weighted by atomic mass is 10.0. The van der Waals surface area contributed by atoms with Gasteiger partial charge in [0.25, 0.3) is 5.91 Å². The number of aromatic nitrogens is 2. The van der Waals surface area contributed by atoms with E-state index in [1.165, 1.54) is 0 Å². The number of likely N-dealkylation sites (N-methyl/N-ethyl adjacent to an activating group) is 1. The maximum Gasteiger partial charge on any atom is 0.258 e. The lowest BCUT2D eigenvalue weighted by Crippen LogP contribution is -2.51. The van der Waals surface area contributed by atoms with E-state index in [0.717, 1.165) is 29.5 Å². The van der Waals surface area contributed by atoms with E-state index < -0.39 is 38.0 Å². The maximum absolute atomic E-state index is 13.8. The fourth-order valence-corrected chi connectivity index (χ4v) is 6.46. The van der Waals surface area contributed by atoms with Crippen LogP contribution in [0, 0.1) is 11.6 Å². The van der Waals surface area contributed by atoms with Crippen molar-refractivity contribution in [3.05, 3.63) is 64.9 Å². The first-order chi connectivity index (χ1) is 17.4. The molecule has 3 heterocycles. The number of benzene rings is 2. The van der Waals surface area contributed by atoms with Crippen molar-refractivity contribution in [1.82, 2.24) is 19.4 Å². The number of amides is 1. The minimum Gasteiger partial charge on any atom is -0.488 e. The van der Waals surface area contributed by atoms with Gasteiger partial charge in [0, 0.05) is 43.0 Å². The van der Waals surface area contributed by atoms with Crippen molar-refractivity contribution < 1.29 is 26.7 Å². The second-order valence-corrected chi connectivity index (χ2v) is 11.6. The number of likely N-dealkylation sites (tertiary alicyclic amines) is 1. The second-order valence-electron chi connectivity index (χ2n) is 9.77. The van der Waals surface area contributed by atoms with Gasteiger partial charge in [-0.15, -0.1) is 0 Å². The van der Waals surface area contributed by atoms with Crippen molar-refractivity contribution in [2.24, 2.45) is 0 Å². The molecule has 1 fully saturated rings. The summed E-state index contributed by atoms with van der Waals surface area (Å²) in [7, 11) is -2.30. The molecule has 37 heavy (non-hydrogen) atoms. The summed E-state index contributed by atoms with van der Waals surface area (Å²) in [5.74, 6) is -1.85. The van der Waals surface area contributed by atoms with Gasteiger partial charge in [-0.3, -0.25) is 14.8 Å². The Bertz CT molecular complexity index is 1480. The van der Waals surface area contributed by atoms with Crippen LogP contribution in [-0.2, 0) is 22.1 Å². The number of sulfonamides is 1. The number of fused-ring (bicyclic) bond motifs is 1. The average molecular weight is 533 g/mol. The fourth-order valence-electron chi connectivity index (χ4n) is 4.69. The minimum absolute atomic E-state index is 0.0715. The first-order valence-electron chi connectivity index (χ1n) is 11.5. The summed E-state index contributed by atoms with van der Waals surface area (Å²) in [5.41, 5.74) is 6.27. The van der Waals surface area contributed by atoms with Crippen molar-refractivity contribution in [2.75, 3.05) is 31.2 Å². The van der Waals surface area contributed by atoms with E-state index in [0.29, 0.717) is 23.1 Å². The zero-order chi connectivity index (χ0) is 26.7. The quantitative estimate of drug-likeness (QED) is 0.416. The van der Waals surface area contributed by atoms with Gasteiger partial charge in [-0.1, -0.05) is 0 Å². The Labute approximate surface area is 212 Å². The highest BCUT2D eigenvalue weighted by atomic mass is 32.2. The zero-order valence-corrected chi connectivity index (χ0v) is 21.2. The SMILES string of the molecule is CN1CC(Oc2ccc(C(=O)Nc3n[nH]c4c3CN(S(=O)(=O)c3cc(F)cc(F)c3)C4(C)C)c(N)c2)C1. The van der Waals surface area contributed by atoms with E-state index in [2.05, 4.69) is 20.4 Å². The molecule has 0 aliphatic carbocycles. The molecular weight excluding hydrogens is 506 g/mol. The molecule has 0 radical (unpaired) electrons. The monoisotopic (exact) mass is 532 g/mol. The maximum atomic E-state index is 13.8. The van der Waals surface area contributed by atoms with Gasteiger partial charge in [-0.25, -0.2) is 17.2 Å². The Morgan fingerprint density at radius 2 is 1.86 bits per heavy atom. The summed E-state index contributed by atoms with van der Waals surface area (Å²) >= 11 is 0. The molecule has 2 aliphatic rings. The average Bonchev–Trinajstić information content (AvgIpc) is 3.30. The third-order valence-corrected chi connectivity index (χ3v) is 8.66. The van der Waals surface area contributed by atoms with Gasteiger partial charge in [0.1, 0.15) is 23.5 Å². The van der Waals surface area contributed by atoms with Crippen molar-refractivity contribution in [3.8, 4) is 5.75 Å². The van der Waals surface area contributed by atoms with Gasteiger partial charge >= 0.3 is 0 Å². The highest BCUT2D eigenvalue weighted by molar-refractivity contribution is 7.89. The minimum atomic E-state index is -4.29. The number of nitrogens with zero attached hydrogens (tertiary/aromatic N) is 3. The molecule has 0 unspecified atom stereocenters. The predicted octanol–water partition coefficient (Wildman–Crippen LogP) is 2.65. The van der Waals surface area contributed by atoms with E-state index in [4.69, 9.17) is 10.5 Å². The normalized spacial score (nSPS) is 17.9. The topological polar surface area (TPSA) is 134 Å². The number of H-pyrrole nitrogens is 1. The third-order valence-electron chi connectivity index (χ3n) is 6.66. The van der Waals surface area contributed by atoms with Crippen LogP contribution in [0.3, 0.4) is 0 Å². The zero-order valence-electron chi connectivity index (χ0n) is 20.4. The number of anilines is 2. The first kappa shape index (κ1) is 25.1. The summed E-state index contributed by atoms with van der Waals surface area (Å²) < 4.78 is 61.1. The van der Waals surface area contributed by atoms with E-state index in [9.17, 15) is 22.0 Å². The Hall–Kier alpha value is -3.55. The number of carbonyl (C=O) groups excluding carboxylic acids is 1. The molecule has 5 rings (SSSR count). The van der Waals surface area contributed by atoms with Gasteiger partial charge in [0.2, 0.25) is 10.0 Å². The van der Waals surface area contributed by atoms with E-state index in [1.807, 2.05) is 7.05 Å². The Morgan fingerprint density at radius 3 is 2.49 bits per heavy atom. The van der Waals surface area contributed by atoms with Gasteiger partial charge in [-0.2, -0.15) is 9.40 Å². The van der Waals surface area contributed by atoms with Crippen LogP contribution in [0.25, 0.3) is 0 Å². The van der Waals surface area contributed by atoms with Crippen molar-refractivity contribution in [2.45, 2.75) is 36.9 Å². The van der Waals surface area contributed by atoms with Crippen molar-refractivity contribution >= 4 is 27.4 Å². The number of carbonyl (C=O) groups is 1. The molecule has 3 aromatic rings. The lowest BCUT2D eigenvalue weighted by molar-refractivity contribution is 0.0389. The Balaban J connectivity index is 1.36. The van der Waals surface area contributed by atoms with Crippen LogP contribution in [0.2, 0.25) is 0 Å². The number of nitrogen functional groups attached to an aromatic ring is 1. The number of hydrogen-bond acceptors (Lipinski definition) is 7. The molecule has 13 heteroatoms. The number of halogens is 2. The number of hydrogen-bond donors (Lipinski definition) is 3. The van der Waals surface area contributed by atoms with Crippen molar-refractivity contribution in [1.29, 1.82) is 0 Å². The molecule has 0 spiro atoms. The van der Waals surface area contributed by atoms with E-state index >= 15 is 0 Å². The molecular formula is C24H26F2N6O4S. The molecule has 2 aliphatic heterocycles. The molecule has 2 aromatic carbocycles. The summed E-state index contributed by atoms with van der Waals surface area (Å²) in [6.45, 7) is 4.71. The largest absolute Gasteiger partial charge is 0.488 e. The highest BCUT2D eigenvalue weighted by Gasteiger charge is 2.48. The number of nitrogens with one attached hydrogen (secondary N) is 2. The molecule has 196 valence electrons. The predicted molar refractivity (Wildman–Crippen MR) is 131 cm³/mol. The van der Waals surface area contributed by atoms with Crippen LogP contribution < -0.4 is 15.8 Å². The van der Waals surface area contributed by atoms with Gasteiger partial charge in [0.15, 0.2) is 5.82 Å². The molecule has 4 N–H and O–H groups in total. The summed E-state index contributed by atoms with van der Waals surface area (Å²) in [6.07, 6.45) is 0.0715. The Morgan fingerprint density at radius 1 is 1.19 bits per heavy atom. The fraction of sp³-hybridized carbons (Fsp3) is 0.333. The van der Waals surface area contributed by atoms with Crippen LogP contribution in [0.4, 0.5) is 20.3 Å². The molecule has 1 amide bonds. The molecule has 1 saturated heterocycles. The van der Waals surface area contributed by atoms with Crippen LogP contribution in [0.1, 0.15) is 35.5 Å². The van der Waals surface area contributed by atoms with Crippen LogP contribution in [-0.4, -0.2) is 60.0 Å². The number of nitrogens with two attached hydrogens (primary N) is 1. The molecule has 1 aromatic heterocycles. The number of rotatable bonds is 6. The number of ether oxygens (including phenoxy) is 1. The summed E-state index contributed by atoms with van der Waals surface area (Å²) in [5, 5.41) is 9.64. The molecule has 10 nitrogen and oxygen atoms in total. The molecule has 0 atom stereocenters.